The molecule has 0 amide bonds. The van der Waals surface area contributed by atoms with Crippen LogP contribution in [0.15, 0.2) is 0 Å². The van der Waals surface area contributed by atoms with Crippen molar-refractivity contribution in [2.24, 2.45) is 0 Å². The van der Waals surface area contributed by atoms with Gasteiger partial charge >= 0.3 is 29.6 Å². The third-order valence-corrected chi connectivity index (χ3v) is 0. The molecule has 30 nitrogen and oxygen atoms in total. The first kappa shape index (κ1) is 73.1. The molecule has 0 rings (SSSR count). The summed E-state index contributed by atoms with van der Waals surface area (Å²) in [6, 6.07) is 0. The maximum absolute atomic E-state index is 8.42. The molecule has 0 aromatic carbocycles. The topological polar surface area (TPSA) is 692 Å². The fraction of sp³-hybridized carbons (Fsp3) is 0. The van der Waals surface area contributed by atoms with Gasteiger partial charge in [-0.05, 0) is 0 Å². The molecule has 0 radical (unpaired) electrons. The van der Waals surface area contributed by atoms with Gasteiger partial charge in [0.1, 0.15) is 0 Å². The van der Waals surface area contributed by atoms with Crippen LogP contribution in [-0.2, 0) is 0 Å². The maximum atomic E-state index is 8.42. The van der Waals surface area contributed by atoms with E-state index in [2.05, 4.69) is 0 Å². The van der Waals surface area contributed by atoms with E-state index in [0.29, 0.717) is 0 Å². The minimum atomic E-state index is -2.92. The van der Waals surface area contributed by atoms with Gasteiger partial charge in [0.2, 0.25) is 0 Å². The van der Waals surface area contributed by atoms with Crippen LogP contribution < -0.4 is 180 Å². The summed E-state index contributed by atoms with van der Waals surface area (Å²) in [4.78, 5) is 0. The van der Waals surface area contributed by atoms with Gasteiger partial charge < -0.3 is 151 Å². The predicted molar refractivity (Wildman–Crippen MR) is 57.5 cm³/mol. The van der Waals surface area contributed by atoms with Crippen LogP contribution in [0.25, 0.3) is 0 Å². The molecule has 0 aliphatic rings. The van der Waals surface area contributed by atoms with Crippen molar-refractivity contribution in [1.82, 2.24) is 0 Å². The van der Waals surface area contributed by atoms with E-state index in [-0.39, 0.29) is 29.6 Å². The van der Waals surface area contributed by atoms with Gasteiger partial charge in [0, 0.05) is 0 Å². The van der Waals surface area contributed by atoms with Crippen LogP contribution in [0.2, 0.25) is 0 Å². The Bertz CT molecular complexity index is 186. The van der Waals surface area contributed by atoms with E-state index in [1.807, 2.05) is 0 Å². The Morgan fingerprint density at radius 3 is 0.122 bits per heavy atom. The zero-order valence-corrected chi connectivity index (χ0v) is 21.0. The second-order valence-corrected chi connectivity index (χ2v) is 2.89. The van der Waals surface area contributed by atoms with Gasteiger partial charge in [-0.2, -0.15) is 0 Å². The standard InChI is InChI=1S/10BO3.Na/c10*2-1(3)4;/q10*-3;+1. The first-order chi connectivity index (χ1) is 17.3. The van der Waals surface area contributed by atoms with Gasteiger partial charge in [0.25, 0.3) is 0 Å². The van der Waals surface area contributed by atoms with E-state index in [9.17, 15) is 0 Å². The Balaban J connectivity index is -0.0000000270. The van der Waals surface area contributed by atoms with Crippen molar-refractivity contribution in [3.05, 3.63) is 0 Å². The molecule has 0 N–H and O–H groups in total. The normalized spacial score (nSPS) is 6.59. The van der Waals surface area contributed by atoms with Gasteiger partial charge in [-0.1, -0.05) is 0 Å². The molecule has 0 aromatic rings. The third kappa shape index (κ3) is 296000. The summed E-state index contributed by atoms with van der Waals surface area (Å²) < 4.78 is 0. The Morgan fingerprint density at radius 2 is 0.122 bits per heavy atom. The molecular weight excluding hydrogens is 611 g/mol. The number of hydrogen-bond donors (Lipinski definition) is 0. The smallest absolute Gasteiger partial charge is 0.907 e. The summed E-state index contributed by atoms with van der Waals surface area (Å²) in [6.45, 7) is 0. The predicted octanol–water partition coefficient (Wildman–Crippen LogP) is -42.5. The molecule has 41 heteroatoms. The van der Waals surface area contributed by atoms with Gasteiger partial charge in [-0.15, -0.1) is 0 Å². The van der Waals surface area contributed by atoms with Crippen molar-refractivity contribution < 1.29 is 180 Å². The Hall–Kier alpha value is 0.449. The molecule has 0 spiro atoms. The summed E-state index contributed by atoms with van der Waals surface area (Å²) in [5.41, 5.74) is 0. The molecule has 0 aromatic heterocycles. The second kappa shape index (κ2) is 67.9. The summed E-state index contributed by atoms with van der Waals surface area (Å²) in [7, 11) is -29.2. The van der Waals surface area contributed by atoms with Gasteiger partial charge in [-0.25, -0.2) is 0 Å². The summed E-state index contributed by atoms with van der Waals surface area (Å²) in [6.07, 6.45) is 0. The molecule has 0 aliphatic carbocycles. The van der Waals surface area contributed by atoms with E-state index >= 15 is 0 Å². The number of hydrogen-bond acceptors (Lipinski definition) is 30. The molecule has 41 heavy (non-hydrogen) atoms. The van der Waals surface area contributed by atoms with Crippen molar-refractivity contribution in [2.45, 2.75) is 0 Å². The summed E-state index contributed by atoms with van der Waals surface area (Å²) in [5.74, 6) is 0. The Kier molecular flexibility index (Phi) is 121. The van der Waals surface area contributed by atoms with Gasteiger partial charge in [0.15, 0.2) is 0 Å². The SMILES string of the molecule is [Na+].[O-]B([O-])[O-].[O-]B([O-])[O-].[O-]B([O-])[O-].[O-]B([O-])[O-].[O-]B([O-])[O-].[O-]B([O-])[O-].[O-]B([O-])[O-].[O-]B([O-])[O-].[O-]B([O-])[O-].[O-]B([O-])[O-]. The fourth-order valence-electron chi connectivity index (χ4n) is 0. The van der Waals surface area contributed by atoms with Crippen molar-refractivity contribution in [1.29, 1.82) is 0 Å². The zero-order valence-electron chi connectivity index (χ0n) is 19.0. The fourth-order valence-corrected chi connectivity index (χ4v) is 0. The van der Waals surface area contributed by atoms with Crippen LogP contribution in [-0.4, -0.2) is 73.2 Å². The van der Waals surface area contributed by atoms with E-state index < -0.39 is 73.2 Å². The summed E-state index contributed by atoms with van der Waals surface area (Å²) in [5, 5.41) is 252. The molecule has 0 atom stereocenters. The maximum Gasteiger partial charge on any atom is 1.00 e. The third-order valence-electron chi connectivity index (χ3n) is 0. The number of rotatable bonds is 0. The molecular formula is B10NaO30-29. The van der Waals surface area contributed by atoms with Crippen LogP contribution in [0.3, 0.4) is 0 Å². The van der Waals surface area contributed by atoms with Crippen LogP contribution in [0, 0.1) is 0 Å². The molecule has 0 unspecified atom stereocenters. The van der Waals surface area contributed by atoms with Crippen LogP contribution in [0.4, 0.5) is 0 Å². The quantitative estimate of drug-likeness (QED) is 0.229. The monoisotopic (exact) mass is 613 g/mol. The Labute approximate surface area is 253 Å². The zero-order chi connectivity index (χ0) is 35.8. The molecule has 0 saturated carbocycles. The van der Waals surface area contributed by atoms with Crippen molar-refractivity contribution in [3.63, 3.8) is 0 Å². The molecule has 0 bridgehead atoms. The largest absolute Gasteiger partial charge is 1.00 e. The van der Waals surface area contributed by atoms with Crippen LogP contribution >= 0.6 is 0 Å². The molecule has 240 valence electrons. The average Bonchev–Trinajstić information content (AvgIpc) is 2.47. The van der Waals surface area contributed by atoms with E-state index in [0.717, 1.165) is 0 Å². The van der Waals surface area contributed by atoms with Gasteiger partial charge in [-0.3, -0.25) is 73.2 Å². The van der Waals surface area contributed by atoms with Crippen molar-refractivity contribution in [3.8, 4) is 0 Å². The van der Waals surface area contributed by atoms with E-state index in [1.54, 1.807) is 0 Å². The minimum absolute atomic E-state index is 0. The second-order valence-electron chi connectivity index (χ2n) is 2.89. The van der Waals surface area contributed by atoms with Crippen LogP contribution in [0.1, 0.15) is 0 Å². The molecule has 0 fully saturated rings. The summed E-state index contributed by atoms with van der Waals surface area (Å²) >= 11 is 0. The average molecular weight is 611 g/mol. The van der Waals surface area contributed by atoms with Crippen molar-refractivity contribution >= 4 is 73.2 Å². The van der Waals surface area contributed by atoms with Gasteiger partial charge in [0.05, 0.1) is 0 Å². The molecule has 0 saturated heterocycles. The van der Waals surface area contributed by atoms with Crippen molar-refractivity contribution in [2.75, 3.05) is 0 Å². The first-order valence-electron chi connectivity index (χ1n) is 7.07. The first-order valence-corrected chi connectivity index (χ1v) is 7.07. The molecule has 0 heterocycles. The minimum Gasteiger partial charge on any atom is -0.907 e. The Morgan fingerprint density at radius 1 is 0.122 bits per heavy atom. The van der Waals surface area contributed by atoms with Crippen LogP contribution in [0.5, 0.6) is 0 Å². The molecule has 0 aliphatic heterocycles. The van der Waals surface area contributed by atoms with E-state index in [4.69, 9.17) is 151 Å². The van der Waals surface area contributed by atoms with E-state index in [1.165, 1.54) is 0 Å².